The van der Waals surface area contributed by atoms with Crippen molar-refractivity contribution < 1.29 is 18.0 Å². The van der Waals surface area contributed by atoms with Gasteiger partial charge in [-0.05, 0) is 37.1 Å². The lowest BCUT2D eigenvalue weighted by Crippen LogP contribution is -2.19. The topological polar surface area (TPSA) is 61.0 Å². The number of carbonyl (C=O) groups excluding carboxylic acids is 1. The zero-order valence-corrected chi connectivity index (χ0v) is 12.2. The van der Waals surface area contributed by atoms with Crippen molar-refractivity contribution in [2.75, 3.05) is 23.3 Å². The largest absolute Gasteiger partial charge is 0.420 e. The number of hydrogen-bond acceptors (Lipinski definition) is 3. The van der Waals surface area contributed by atoms with Gasteiger partial charge < -0.3 is 10.2 Å². The number of hydrogen-bond donors (Lipinski definition) is 2. The SMILES string of the molecule is O=C(Nc1ccc(N2CCCC2)cc1)c1[nH]ncc1C(F)(F)F. The zero-order valence-electron chi connectivity index (χ0n) is 12.2. The lowest BCUT2D eigenvalue weighted by atomic mass is 10.2. The maximum Gasteiger partial charge on any atom is 0.420 e. The third-order valence-corrected chi connectivity index (χ3v) is 3.77. The maximum absolute atomic E-state index is 12.8. The van der Waals surface area contributed by atoms with Gasteiger partial charge in [-0.2, -0.15) is 18.3 Å². The first-order valence-electron chi connectivity index (χ1n) is 7.22. The van der Waals surface area contributed by atoms with Gasteiger partial charge in [0.2, 0.25) is 0 Å². The molecule has 3 rings (SSSR count). The van der Waals surface area contributed by atoms with Crippen molar-refractivity contribution in [3.05, 3.63) is 41.7 Å². The number of amides is 1. The van der Waals surface area contributed by atoms with Crippen LogP contribution in [0, 0.1) is 0 Å². The summed E-state index contributed by atoms with van der Waals surface area (Å²) in [7, 11) is 0. The first kappa shape index (κ1) is 15.4. The second kappa shape index (κ2) is 5.94. The number of aromatic amines is 1. The second-order valence-corrected chi connectivity index (χ2v) is 5.35. The van der Waals surface area contributed by atoms with Crippen molar-refractivity contribution in [1.82, 2.24) is 10.2 Å². The number of H-pyrrole nitrogens is 1. The molecule has 2 heterocycles. The van der Waals surface area contributed by atoms with Crippen LogP contribution in [0.4, 0.5) is 24.5 Å². The van der Waals surface area contributed by atoms with E-state index in [1.54, 1.807) is 12.1 Å². The van der Waals surface area contributed by atoms with Gasteiger partial charge in [-0.3, -0.25) is 9.89 Å². The molecule has 8 heteroatoms. The number of alkyl halides is 3. The van der Waals surface area contributed by atoms with E-state index in [2.05, 4.69) is 20.4 Å². The molecule has 1 aromatic carbocycles. The average molecular weight is 324 g/mol. The van der Waals surface area contributed by atoms with Crippen LogP contribution in [-0.2, 0) is 6.18 Å². The summed E-state index contributed by atoms with van der Waals surface area (Å²) in [6.45, 7) is 1.99. The maximum atomic E-state index is 12.8. The van der Waals surface area contributed by atoms with Crippen molar-refractivity contribution in [2.24, 2.45) is 0 Å². The first-order chi connectivity index (χ1) is 10.9. The lowest BCUT2D eigenvalue weighted by Gasteiger charge is -2.17. The summed E-state index contributed by atoms with van der Waals surface area (Å²) in [6.07, 6.45) is -1.72. The summed E-state index contributed by atoms with van der Waals surface area (Å²) >= 11 is 0. The van der Waals surface area contributed by atoms with Gasteiger partial charge in [0, 0.05) is 24.5 Å². The van der Waals surface area contributed by atoms with Crippen molar-refractivity contribution in [3.63, 3.8) is 0 Å². The minimum absolute atomic E-state index is 0.431. The van der Waals surface area contributed by atoms with Crippen LogP contribution in [-0.4, -0.2) is 29.2 Å². The highest BCUT2D eigenvalue weighted by Crippen LogP contribution is 2.31. The Bertz CT molecular complexity index is 687. The number of benzene rings is 1. The summed E-state index contributed by atoms with van der Waals surface area (Å²) in [5, 5.41) is 7.85. The Morgan fingerprint density at radius 1 is 1.17 bits per heavy atom. The van der Waals surface area contributed by atoms with Crippen LogP contribution in [0.2, 0.25) is 0 Å². The van der Waals surface area contributed by atoms with Crippen LogP contribution >= 0.6 is 0 Å². The van der Waals surface area contributed by atoms with Crippen LogP contribution in [0.15, 0.2) is 30.5 Å². The molecule has 23 heavy (non-hydrogen) atoms. The van der Waals surface area contributed by atoms with E-state index in [0.717, 1.165) is 31.6 Å². The van der Waals surface area contributed by atoms with Gasteiger partial charge in [0.1, 0.15) is 11.3 Å². The summed E-state index contributed by atoms with van der Waals surface area (Å²) in [5.41, 5.74) is -0.205. The predicted molar refractivity (Wildman–Crippen MR) is 79.4 cm³/mol. The van der Waals surface area contributed by atoms with E-state index in [-0.39, 0.29) is 0 Å². The molecule has 0 atom stereocenters. The molecule has 2 aromatic rings. The Balaban J connectivity index is 1.72. The summed E-state index contributed by atoms with van der Waals surface area (Å²) < 4.78 is 38.3. The Kier molecular flexibility index (Phi) is 3.97. The highest BCUT2D eigenvalue weighted by molar-refractivity contribution is 6.04. The molecule has 1 amide bonds. The zero-order chi connectivity index (χ0) is 16.4. The van der Waals surface area contributed by atoms with E-state index < -0.39 is 23.3 Å². The van der Waals surface area contributed by atoms with E-state index in [1.165, 1.54) is 0 Å². The van der Waals surface area contributed by atoms with Crippen molar-refractivity contribution in [2.45, 2.75) is 19.0 Å². The van der Waals surface area contributed by atoms with Gasteiger partial charge in [0.25, 0.3) is 5.91 Å². The summed E-state index contributed by atoms with van der Waals surface area (Å²) in [6, 6.07) is 7.04. The van der Waals surface area contributed by atoms with E-state index in [9.17, 15) is 18.0 Å². The highest BCUT2D eigenvalue weighted by Gasteiger charge is 2.37. The summed E-state index contributed by atoms with van der Waals surface area (Å²) in [5.74, 6) is -0.872. The predicted octanol–water partition coefficient (Wildman–Crippen LogP) is 3.28. The van der Waals surface area contributed by atoms with Crippen LogP contribution in [0.25, 0.3) is 0 Å². The minimum Gasteiger partial charge on any atom is -0.372 e. The van der Waals surface area contributed by atoms with E-state index in [4.69, 9.17) is 0 Å². The number of aromatic nitrogens is 2. The molecule has 1 aromatic heterocycles. The van der Waals surface area contributed by atoms with Crippen LogP contribution in [0.5, 0.6) is 0 Å². The molecule has 1 fully saturated rings. The van der Waals surface area contributed by atoms with Gasteiger partial charge in [-0.15, -0.1) is 0 Å². The Labute approximate surface area is 130 Å². The molecule has 0 unspecified atom stereocenters. The molecule has 0 radical (unpaired) electrons. The Morgan fingerprint density at radius 2 is 1.83 bits per heavy atom. The number of rotatable bonds is 3. The molecular formula is C15H15F3N4O. The smallest absolute Gasteiger partial charge is 0.372 e. The van der Waals surface area contributed by atoms with Gasteiger partial charge in [0.05, 0.1) is 6.20 Å². The fourth-order valence-corrected chi connectivity index (χ4v) is 2.60. The molecule has 2 N–H and O–H groups in total. The van der Waals surface area contributed by atoms with Crippen molar-refractivity contribution in [3.8, 4) is 0 Å². The van der Waals surface area contributed by atoms with Gasteiger partial charge in [0.15, 0.2) is 0 Å². The quantitative estimate of drug-likeness (QED) is 0.911. The van der Waals surface area contributed by atoms with Gasteiger partial charge in [-0.25, -0.2) is 0 Å². The number of nitrogens with zero attached hydrogens (tertiary/aromatic N) is 2. The molecule has 122 valence electrons. The molecule has 5 nitrogen and oxygen atoms in total. The van der Waals surface area contributed by atoms with Gasteiger partial charge >= 0.3 is 6.18 Å². The number of nitrogens with one attached hydrogen (secondary N) is 2. The minimum atomic E-state index is -4.63. The Hall–Kier alpha value is -2.51. The molecule has 0 bridgehead atoms. The molecule has 0 spiro atoms. The van der Waals surface area contributed by atoms with Crippen molar-refractivity contribution >= 4 is 17.3 Å². The van der Waals surface area contributed by atoms with E-state index in [0.29, 0.717) is 11.9 Å². The lowest BCUT2D eigenvalue weighted by molar-refractivity contribution is -0.137. The number of halogens is 3. The average Bonchev–Trinajstić information content (AvgIpc) is 3.19. The Morgan fingerprint density at radius 3 is 2.43 bits per heavy atom. The van der Waals surface area contributed by atoms with Gasteiger partial charge in [-0.1, -0.05) is 0 Å². The van der Waals surface area contributed by atoms with Crippen LogP contribution in [0.3, 0.4) is 0 Å². The highest BCUT2D eigenvalue weighted by atomic mass is 19.4. The normalized spacial score (nSPS) is 15.0. The van der Waals surface area contributed by atoms with E-state index in [1.807, 2.05) is 12.1 Å². The van der Waals surface area contributed by atoms with Crippen molar-refractivity contribution in [1.29, 1.82) is 0 Å². The first-order valence-corrected chi connectivity index (χ1v) is 7.22. The van der Waals surface area contributed by atoms with E-state index >= 15 is 0 Å². The number of carbonyl (C=O) groups is 1. The summed E-state index contributed by atoms with van der Waals surface area (Å²) in [4.78, 5) is 14.2. The second-order valence-electron chi connectivity index (χ2n) is 5.35. The fraction of sp³-hybridized carbons (Fsp3) is 0.333. The van der Waals surface area contributed by atoms with Crippen LogP contribution < -0.4 is 10.2 Å². The molecule has 1 aliphatic rings. The molecule has 1 aliphatic heterocycles. The standard InChI is InChI=1S/C15H15F3N4O/c16-15(17,18)12-9-19-21-13(12)14(23)20-10-3-5-11(6-4-10)22-7-1-2-8-22/h3-6,9H,1-2,7-8H2,(H,19,21)(H,20,23). The third-order valence-electron chi connectivity index (χ3n) is 3.77. The molecule has 0 saturated carbocycles. The number of anilines is 2. The third kappa shape index (κ3) is 3.30. The monoisotopic (exact) mass is 324 g/mol. The molecule has 0 aliphatic carbocycles. The fourth-order valence-electron chi connectivity index (χ4n) is 2.60. The van der Waals surface area contributed by atoms with Crippen LogP contribution in [0.1, 0.15) is 28.9 Å². The molecule has 1 saturated heterocycles. The molecular weight excluding hydrogens is 309 g/mol.